The highest BCUT2D eigenvalue weighted by Crippen LogP contribution is 2.21. The zero-order valence-corrected chi connectivity index (χ0v) is 10.2. The summed E-state index contributed by atoms with van der Waals surface area (Å²) in [5.41, 5.74) is 0. The topological polar surface area (TPSA) is 45.2 Å². The van der Waals surface area contributed by atoms with Crippen molar-refractivity contribution in [2.45, 2.75) is 38.1 Å². The highest BCUT2D eigenvalue weighted by Gasteiger charge is 2.21. The number of hydrogen-bond donors (Lipinski definition) is 1. The summed E-state index contributed by atoms with van der Waals surface area (Å²) in [6, 6.07) is 5.82. The minimum Gasteiger partial charge on any atom is -0.325 e. The molecule has 2 amide bonds. The van der Waals surface area contributed by atoms with Gasteiger partial charge < -0.3 is 4.90 Å². The van der Waals surface area contributed by atoms with Crippen LogP contribution in [0.1, 0.15) is 32.1 Å². The molecule has 0 atom stereocenters. The first-order valence-corrected chi connectivity index (χ1v) is 6.22. The van der Waals surface area contributed by atoms with Crippen molar-refractivity contribution in [3.8, 4) is 0 Å². The number of aromatic nitrogens is 1. The number of pyridine rings is 1. The third-order valence-electron chi connectivity index (χ3n) is 3.34. The van der Waals surface area contributed by atoms with Gasteiger partial charge in [0, 0.05) is 19.3 Å². The molecule has 4 heteroatoms. The highest BCUT2D eigenvalue weighted by atomic mass is 16.2. The summed E-state index contributed by atoms with van der Waals surface area (Å²) >= 11 is 0. The maximum Gasteiger partial charge on any atom is 0.322 e. The summed E-state index contributed by atoms with van der Waals surface area (Å²) < 4.78 is 0. The van der Waals surface area contributed by atoms with Gasteiger partial charge in [0.2, 0.25) is 0 Å². The lowest BCUT2D eigenvalue weighted by molar-refractivity contribution is 0.186. The number of nitrogens with zero attached hydrogens (tertiary/aromatic N) is 2. The third kappa shape index (κ3) is 3.19. The van der Waals surface area contributed by atoms with Crippen LogP contribution in [0.2, 0.25) is 0 Å². The van der Waals surface area contributed by atoms with Gasteiger partial charge in [0.1, 0.15) is 5.82 Å². The Morgan fingerprint density at radius 3 is 2.76 bits per heavy atom. The van der Waals surface area contributed by atoms with Crippen molar-refractivity contribution in [1.82, 2.24) is 9.88 Å². The van der Waals surface area contributed by atoms with Gasteiger partial charge >= 0.3 is 6.03 Å². The van der Waals surface area contributed by atoms with Crippen molar-refractivity contribution in [3.63, 3.8) is 0 Å². The molecular formula is C13H19N3O. The normalized spacial score (nSPS) is 16.5. The van der Waals surface area contributed by atoms with Crippen molar-refractivity contribution >= 4 is 11.8 Å². The van der Waals surface area contributed by atoms with Crippen LogP contribution < -0.4 is 5.32 Å². The van der Waals surface area contributed by atoms with Crippen molar-refractivity contribution in [2.75, 3.05) is 12.4 Å². The predicted octanol–water partition coefficient (Wildman–Crippen LogP) is 2.88. The lowest BCUT2D eigenvalue weighted by Gasteiger charge is -2.31. The smallest absolute Gasteiger partial charge is 0.322 e. The molecule has 4 nitrogen and oxygen atoms in total. The van der Waals surface area contributed by atoms with Gasteiger partial charge in [-0.1, -0.05) is 25.3 Å². The average molecular weight is 233 g/mol. The van der Waals surface area contributed by atoms with E-state index < -0.39 is 0 Å². The number of carbonyl (C=O) groups is 1. The van der Waals surface area contributed by atoms with Crippen LogP contribution in [0, 0.1) is 0 Å². The third-order valence-corrected chi connectivity index (χ3v) is 3.34. The maximum atomic E-state index is 12.0. The number of hydrogen-bond acceptors (Lipinski definition) is 2. The van der Waals surface area contributed by atoms with Crippen LogP contribution >= 0.6 is 0 Å². The largest absolute Gasteiger partial charge is 0.325 e. The van der Waals surface area contributed by atoms with E-state index in [2.05, 4.69) is 10.3 Å². The van der Waals surface area contributed by atoms with E-state index in [1.807, 2.05) is 24.1 Å². The second kappa shape index (κ2) is 5.66. The van der Waals surface area contributed by atoms with Crippen LogP contribution in [0.3, 0.4) is 0 Å². The fourth-order valence-electron chi connectivity index (χ4n) is 2.27. The van der Waals surface area contributed by atoms with Crippen LogP contribution in [-0.4, -0.2) is 29.0 Å². The van der Waals surface area contributed by atoms with Gasteiger partial charge in [-0.2, -0.15) is 0 Å². The van der Waals surface area contributed by atoms with Gasteiger partial charge in [-0.15, -0.1) is 0 Å². The van der Waals surface area contributed by atoms with Crippen LogP contribution in [-0.2, 0) is 0 Å². The molecule has 0 spiro atoms. The summed E-state index contributed by atoms with van der Waals surface area (Å²) in [6.45, 7) is 0. The summed E-state index contributed by atoms with van der Waals surface area (Å²) in [4.78, 5) is 17.9. The molecule has 0 radical (unpaired) electrons. The van der Waals surface area contributed by atoms with Gasteiger partial charge in [-0.05, 0) is 25.0 Å². The molecular weight excluding hydrogens is 214 g/mol. The number of rotatable bonds is 2. The Kier molecular flexibility index (Phi) is 3.96. The summed E-state index contributed by atoms with van der Waals surface area (Å²) in [5, 5.41) is 2.81. The highest BCUT2D eigenvalue weighted by molar-refractivity contribution is 5.88. The first-order valence-electron chi connectivity index (χ1n) is 6.22. The average Bonchev–Trinajstić information content (AvgIpc) is 2.40. The Hall–Kier alpha value is -1.58. The molecule has 0 bridgehead atoms. The lowest BCUT2D eigenvalue weighted by Crippen LogP contribution is -2.41. The minimum absolute atomic E-state index is 0.0596. The molecule has 0 aromatic carbocycles. The van der Waals surface area contributed by atoms with Crippen LogP contribution in [0.25, 0.3) is 0 Å². The van der Waals surface area contributed by atoms with E-state index in [0.717, 1.165) is 12.8 Å². The summed E-state index contributed by atoms with van der Waals surface area (Å²) in [7, 11) is 1.87. The zero-order chi connectivity index (χ0) is 12.1. The lowest BCUT2D eigenvalue weighted by atomic mass is 9.95. The Morgan fingerprint density at radius 1 is 1.35 bits per heavy atom. The second-order valence-electron chi connectivity index (χ2n) is 4.55. The molecule has 1 N–H and O–H groups in total. The van der Waals surface area contributed by atoms with Crippen LogP contribution in [0.15, 0.2) is 24.4 Å². The van der Waals surface area contributed by atoms with Gasteiger partial charge in [0.25, 0.3) is 0 Å². The van der Waals surface area contributed by atoms with E-state index >= 15 is 0 Å². The monoisotopic (exact) mass is 233 g/mol. The SMILES string of the molecule is CN(C(=O)Nc1ccccn1)C1CCCCC1. The van der Waals surface area contributed by atoms with E-state index in [1.54, 1.807) is 12.3 Å². The van der Waals surface area contributed by atoms with E-state index in [-0.39, 0.29) is 6.03 Å². The van der Waals surface area contributed by atoms with E-state index in [0.29, 0.717) is 11.9 Å². The predicted molar refractivity (Wildman–Crippen MR) is 67.9 cm³/mol. The number of urea groups is 1. The Bertz CT molecular complexity index is 360. The van der Waals surface area contributed by atoms with Crippen molar-refractivity contribution in [3.05, 3.63) is 24.4 Å². The molecule has 1 fully saturated rings. The first kappa shape index (κ1) is 11.9. The second-order valence-corrected chi connectivity index (χ2v) is 4.55. The molecule has 0 unspecified atom stereocenters. The molecule has 1 aromatic rings. The molecule has 92 valence electrons. The van der Waals surface area contributed by atoms with Crippen LogP contribution in [0.4, 0.5) is 10.6 Å². The standard InChI is InChI=1S/C13H19N3O/c1-16(11-7-3-2-4-8-11)13(17)15-12-9-5-6-10-14-12/h5-6,9-11H,2-4,7-8H2,1H3,(H,14,15,17). The molecule has 2 rings (SSSR count). The first-order chi connectivity index (χ1) is 8.27. The molecule has 1 aliphatic carbocycles. The number of carbonyl (C=O) groups excluding carboxylic acids is 1. The molecule has 17 heavy (non-hydrogen) atoms. The van der Waals surface area contributed by atoms with Crippen molar-refractivity contribution < 1.29 is 4.79 Å². The number of amides is 2. The van der Waals surface area contributed by atoms with Crippen molar-refractivity contribution in [1.29, 1.82) is 0 Å². The van der Waals surface area contributed by atoms with Gasteiger partial charge in [-0.25, -0.2) is 9.78 Å². The summed E-state index contributed by atoms with van der Waals surface area (Å²) in [6.07, 6.45) is 7.67. The molecule has 1 saturated carbocycles. The Morgan fingerprint density at radius 2 is 2.12 bits per heavy atom. The molecule has 0 aliphatic heterocycles. The maximum absolute atomic E-state index is 12.0. The van der Waals surface area contributed by atoms with Gasteiger partial charge in [0.05, 0.1) is 0 Å². The Labute approximate surface area is 102 Å². The van der Waals surface area contributed by atoms with Crippen molar-refractivity contribution in [2.24, 2.45) is 0 Å². The van der Waals surface area contributed by atoms with Gasteiger partial charge in [-0.3, -0.25) is 5.32 Å². The zero-order valence-electron chi connectivity index (χ0n) is 10.2. The molecule has 1 heterocycles. The summed E-state index contributed by atoms with van der Waals surface area (Å²) in [5.74, 6) is 0.611. The quantitative estimate of drug-likeness (QED) is 0.853. The van der Waals surface area contributed by atoms with E-state index in [4.69, 9.17) is 0 Å². The fourth-order valence-corrected chi connectivity index (χ4v) is 2.27. The Balaban J connectivity index is 1.90. The molecule has 1 aromatic heterocycles. The van der Waals surface area contributed by atoms with Gasteiger partial charge in [0.15, 0.2) is 0 Å². The van der Waals surface area contributed by atoms with E-state index in [1.165, 1.54) is 19.3 Å². The molecule has 0 saturated heterocycles. The molecule has 1 aliphatic rings. The van der Waals surface area contributed by atoms with E-state index in [9.17, 15) is 4.79 Å². The number of anilines is 1. The number of nitrogens with one attached hydrogen (secondary N) is 1. The fraction of sp³-hybridized carbons (Fsp3) is 0.538. The van der Waals surface area contributed by atoms with Crippen LogP contribution in [0.5, 0.6) is 0 Å². The minimum atomic E-state index is -0.0596.